The summed E-state index contributed by atoms with van der Waals surface area (Å²) in [6.07, 6.45) is 2.86. The van der Waals surface area contributed by atoms with Crippen LogP contribution in [0.15, 0.2) is 12.3 Å². The number of nitrogens with two attached hydrogens (primary N) is 1. The molecule has 1 unspecified atom stereocenters. The van der Waals surface area contributed by atoms with Gasteiger partial charge in [0.15, 0.2) is 0 Å². The average molecular weight is 164 g/mol. The highest BCUT2D eigenvalue weighted by Crippen LogP contribution is 2.12. The molecule has 1 rings (SSSR count). The Bertz CT molecular complexity index is 267. The smallest absolute Gasteiger partial charge is 0.0430 e. The van der Waals surface area contributed by atoms with E-state index in [4.69, 9.17) is 5.73 Å². The summed E-state index contributed by atoms with van der Waals surface area (Å²) in [6, 6.07) is 2.21. The van der Waals surface area contributed by atoms with E-state index >= 15 is 0 Å². The molecule has 2 heteroatoms. The van der Waals surface area contributed by atoms with Crippen molar-refractivity contribution >= 4 is 0 Å². The van der Waals surface area contributed by atoms with Crippen LogP contribution in [0.1, 0.15) is 36.7 Å². The standard InChI is InChI=1S/C10H16N2/c1-4-10-7(2)5-9(6-12-10)8(3)11/h5-6,8H,4,11H2,1-3H3. The highest BCUT2D eigenvalue weighted by Gasteiger charge is 2.02. The second-order valence-electron chi connectivity index (χ2n) is 3.17. The molecular formula is C10H16N2. The van der Waals surface area contributed by atoms with E-state index in [-0.39, 0.29) is 6.04 Å². The molecule has 0 aliphatic rings. The van der Waals surface area contributed by atoms with E-state index in [0.29, 0.717) is 0 Å². The van der Waals surface area contributed by atoms with Gasteiger partial charge in [-0.05, 0) is 31.4 Å². The van der Waals surface area contributed by atoms with E-state index in [9.17, 15) is 0 Å². The molecule has 0 radical (unpaired) electrons. The Morgan fingerprint density at radius 3 is 2.67 bits per heavy atom. The highest BCUT2D eigenvalue weighted by molar-refractivity contribution is 5.25. The first-order valence-electron chi connectivity index (χ1n) is 4.36. The number of hydrogen-bond donors (Lipinski definition) is 1. The zero-order valence-corrected chi connectivity index (χ0v) is 7.96. The molecule has 1 heterocycles. The molecule has 1 aromatic rings. The first kappa shape index (κ1) is 9.20. The third-order valence-corrected chi connectivity index (χ3v) is 2.07. The maximum absolute atomic E-state index is 5.73. The molecule has 0 fully saturated rings. The fourth-order valence-corrected chi connectivity index (χ4v) is 1.24. The lowest BCUT2D eigenvalue weighted by Gasteiger charge is -2.08. The molecule has 0 aromatic carbocycles. The molecule has 1 atom stereocenters. The fraction of sp³-hybridized carbons (Fsp3) is 0.500. The Morgan fingerprint density at radius 2 is 2.25 bits per heavy atom. The van der Waals surface area contributed by atoms with Crippen LogP contribution in [-0.2, 0) is 6.42 Å². The average Bonchev–Trinajstić information content (AvgIpc) is 2.04. The van der Waals surface area contributed by atoms with Crippen molar-refractivity contribution in [1.82, 2.24) is 4.98 Å². The number of rotatable bonds is 2. The molecule has 0 bridgehead atoms. The summed E-state index contributed by atoms with van der Waals surface area (Å²) >= 11 is 0. The van der Waals surface area contributed by atoms with Gasteiger partial charge in [0.1, 0.15) is 0 Å². The van der Waals surface area contributed by atoms with Crippen molar-refractivity contribution in [3.05, 3.63) is 29.1 Å². The molecule has 2 nitrogen and oxygen atoms in total. The zero-order valence-electron chi connectivity index (χ0n) is 7.96. The van der Waals surface area contributed by atoms with Crippen LogP contribution in [0.4, 0.5) is 0 Å². The van der Waals surface area contributed by atoms with Gasteiger partial charge in [0.2, 0.25) is 0 Å². The summed E-state index contributed by atoms with van der Waals surface area (Å²) in [5.74, 6) is 0. The Kier molecular flexibility index (Phi) is 2.82. The molecule has 66 valence electrons. The Labute approximate surface area is 73.8 Å². The highest BCUT2D eigenvalue weighted by atomic mass is 14.7. The van der Waals surface area contributed by atoms with Crippen LogP contribution in [0, 0.1) is 6.92 Å². The van der Waals surface area contributed by atoms with E-state index in [1.807, 2.05) is 13.1 Å². The number of nitrogens with zero attached hydrogens (tertiary/aromatic N) is 1. The van der Waals surface area contributed by atoms with Crippen molar-refractivity contribution in [1.29, 1.82) is 0 Å². The monoisotopic (exact) mass is 164 g/mol. The minimum absolute atomic E-state index is 0.0853. The lowest BCUT2D eigenvalue weighted by atomic mass is 10.1. The largest absolute Gasteiger partial charge is 0.324 e. The Morgan fingerprint density at radius 1 is 1.58 bits per heavy atom. The fourth-order valence-electron chi connectivity index (χ4n) is 1.24. The maximum atomic E-state index is 5.73. The summed E-state index contributed by atoms with van der Waals surface area (Å²) in [6.45, 7) is 6.17. The van der Waals surface area contributed by atoms with Gasteiger partial charge in [-0.25, -0.2) is 0 Å². The van der Waals surface area contributed by atoms with Crippen molar-refractivity contribution in [2.24, 2.45) is 5.73 Å². The topological polar surface area (TPSA) is 38.9 Å². The van der Waals surface area contributed by atoms with Crippen LogP contribution in [-0.4, -0.2) is 4.98 Å². The third-order valence-electron chi connectivity index (χ3n) is 2.07. The molecule has 2 N–H and O–H groups in total. The van der Waals surface area contributed by atoms with E-state index in [2.05, 4.69) is 24.9 Å². The van der Waals surface area contributed by atoms with Crippen molar-refractivity contribution < 1.29 is 0 Å². The van der Waals surface area contributed by atoms with Gasteiger partial charge in [-0.2, -0.15) is 0 Å². The van der Waals surface area contributed by atoms with Gasteiger partial charge in [-0.15, -0.1) is 0 Å². The second kappa shape index (κ2) is 3.68. The molecule has 0 amide bonds. The predicted molar refractivity (Wildman–Crippen MR) is 51.0 cm³/mol. The number of aryl methyl sites for hydroxylation is 2. The van der Waals surface area contributed by atoms with Crippen LogP contribution >= 0.6 is 0 Å². The minimum atomic E-state index is 0.0853. The van der Waals surface area contributed by atoms with Crippen LogP contribution in [0.3, 0.4) is 0 Å². The second-order valence-corrected chi connectivity index (χ2v) is 3.17. The summed E-state index contributed by atoms with van der Waals surface area (Å²) in [5, 5.41) is 0. The summed E-state index contributed by atoms with van der Waals surface area (Å²) in [7, 11) is 0. The van der Waals surface area contributed by atoms with Gasteiger partial charge >= 0.3 is 0 Å². The normalized spacial score (nSPS) is 13.0. The molecule has 0 aliphatic carbocycles. The third kappa shape index (κ3) is 1.83. The van der Waals surface area contributed by atoms with Crippen molar-refractivity contribution in [2.45, 2.75) is 33.2 Å². The van der Waals surface area contributed by atoms with Crippen molar-refractivity contribution in [3.63, 3.8) is 0 Å². The van der Waals surface area contributed by atoms with Crippen LogP contribution in [0.25, 0.3) is 0 Å². The summed E-state index contributed by atoms with van der Waals surface area (Å²) in [4.78, 5) is 4.34. The van der Waals surface area contributed by atoms with Gasteiger partial charge in [-0.3, -0.25) is 4.98 Å². The molecular weight excluding hydrogens is 148 g/mol. The number of hydrogen-bond acceptors (Lipinski definition) is 2. The lowest BCUT2D eigenvalue weighted by Crippen LogP contribution is -2.06. The molecule has 1 aromatic heterocycles. The van der Waals surface area contributed by atoms with E-state index < -0.39 is 0 Å². The van der Waals surface area contributed by atoms with Gasteiger partial charge in [-0.1, -0.05) is 13.0 Å². The molecule has 0 spiro atoms. The molecule has 0 saturated heterocycles. The Hall–Kier alpha value is -0.890. The Balaban J connectivity index is 3.02. The first-order valence-corrected chi connectivity index (χ1v) is 4.36. The quantitative estimate of drug-likeness (QED) is 0.725. The minimum Gasteiger partial charge on any atom is -0.324 e. The van der Waals surface area contributed by atoms with E-state index in [0.717, 1.165) is 12.0 Å². The molecule has 0 aliphatic heterocycles. The van der Waals surface area contributed by atoms with Crippen LogP contribution in [0.5, 0.6) is 0 Å². The molecule has 0 saturated carbocycles. The van der Waals surface area contributed by atoms with Crippen molar-refractivity contribution in [3.8, 4) is 0 Å². The lowest BCUT2D eigenvalue weighted by molar-refractivity contribution is 0.804. The number of aromatic nitrogens is 1. The number of pyridine rings is 1. The van der Waals surface area contributed by atoms with Gasteiger partial charge in [0, 0.05) is 17.9 Å². The van der Waals surface area contributed by atoms with Gasteiger partial charge in [0.25, 0.3) is 0 Å². The summed E-state index contributed by atoms with van der Waals surface area (Å²) < 4.78 is 0. The molecule has 12 heavy (non-hydrogen) atoms. The van der Waals surface area contributed by atoms with Crippen LogP contribution in [0.2, 0.25) is 0 Å². The predicted octanol–water partition coefficient (Wildman–Crippen LogP) is 1.97. The van der Waals surface area contributed by atoms with Gasteiger partial charge in [0.05, 0.1) is 0 Å². The SMILES string of the molecule is CCc1ncc(C(C)N)cc1C. The maximum Gasteiger partial charge on any atom is 0.0430 e. The van der Waals surface area contributed by atoms with Crippen molar-refractivity contribution in [2.75, 3.05) is 0 Å². The van der Waals surface area contributed by atoms with Gasteiger partial charge < -0.3 is 5.73 Å². The van der Waals surface area contributed by atoms with E-state index in [1.54, 1.807) is 0 Å². The zero-order chi connectivity index (χ0) is 9.14. The van der Waals surface area contributed by atoms with Crippen LogP contribution < -0.4 is 5.73 Å². The first-order chi connectivity index (χ1) is 5.65. The summed E-state index contributed by atoms with van der Waals surface area (Å²) in [5.41, 5.74) is 9.26. The van der Waals surface area contributed by atoms with E-state index in [1.165, 1.54) is 11.3 Å².